The molecule has 0 aliphatic rings. The number of amides is 1. The Balaban J connectivity index is 2.15. The number of benzene rings is 2. The fourth-order valence-corrected chi connectivity index (χ4v) is 3.30. The fourth-order valence-electron chi connectivity index (χ4n) is 1.87. The van der Waals surface area contributed by atoms with Crippen LogP contribution in [-0.2, 0) is 0 Å². The van der Waals surface area contributed by atoms with Crippen LogP contribution in [0.2, 0.25) is 0 Å². The zero-order chi connectivity index (χ0) is 18.6. The Bertz CT molecular complexity index is 762. The van der Waals surface area contributed by atoms with Crippen LogP contribution in [0.25, 0.3) is 0 Å². The first-order valence-corrected chi connectivity index (χ1v) is 9.03. The van der Waals surface area contributed by atoms with Crippen LogP contribution >= 0.6 is 46.6 Å². The summed E-state index contributed by atoms with van der Waals surface area (Å²) >= 11 is 19.0. The number of non-ortho nitro benzene ring substituents is 1. The molecule has 0 fully saturated rings. The van der Waals surface area contributed by atoms with Crippen LogP contribution in [0.1, 0.15) is 15.9 Å². The van der Waals surface area contributed by atoms with Gasteiger partial charge in [-0.25, -0.2) is 0 Å². The topological polar surface area (TPSA) is 72.2 Å². The number of hydrogen-bond acceptors (Lipinski definition) is 4. The molecule has 0 saturated heterocycles. The molecule has 2 rings (SSSR count). The third kappa shape index (κ3) is 5.78. The molecule has 2 aromatic rings. The molecule has 5 nitrogen and oxygen atoms in total. The molecule has 0 aromatic heterocycles. The third-order valence-corrected chi connectivity index (χ3v) is 5.47. The molecule has 132 valence electrons. The number of nitrogens with zero attached hydrogens (tertiary/aromatic N) is 1. The molecule has 0 aliphatic heterocycles. The second-order valence-corrected chi connectivity index (χ2v) is 8.68. The van der Waals surface area contributed by atoms with Gasteiger partial charge in [0.2, 0.25) is 3.79 Å². The minimum Gasteiger partial charge on any atom is -0.336 e. The van der Waals surface area contributed by atoms with E-state index in [0.717, 1.165) is 17.3 Å². The number of thioether (sulfide) groups is 1. The molecule has 9 heteroatoms. The van der Waals surface area contributed by atoms with Gasteiger partial charge in [-0.15, -0.1) is 0 Å². The summed E-state index contributed by atoms with van der Waals surface area (Å²) in [5, 5.41) is 12.5. The van der Waals surface area contributed by atoms with Crippen molar-refractivity contribution in [2.24, 2.45) is 0 Å². The molecular weight excluding hydrogens is 407 g/mol. The Hall–Kier alpha value is -1.47. The minimum absolute atomic E-state index is 0.0431. The molecule has 1 atom stereocenters. The summed E-state index contributed by atoms with van der Waals surface area (Å²) in [7, 11) is 0. The molecule has 0 spiro atoms. The van der Waals surface area contributed by atoms with Gasteiger partial charge in [0.15, 0.2) is 0 Å². The highest BCUT2D eigenvalue weighted by Gasteiger charge is 2.35. The summed E-state index contributed by atoms with van der Waals surface area (Å²) in [6.45, 7) is 1.91. The van der Waals surface area contributed by atoms with Crippen LogP contribution in [0.5, 0.6) is 0 Å². The van der Waals surface area contributed by atoms with Gasteiger partial charge < -0.3 is 5.32 Å². The van der Waals surface area contributed by atoms with E-state index in [1.54, 1.807) is 12.1 Å². The van der Waals surface area contributed by atoms with Crippen molar-refractivity contribution in [2.45, 2.75) is 21.0 Å². The average molecular weight is 420 g/mol. The molecule has 0 saturated carbocycles. The van der Waals surface area contributed by atoms with E-state index in [9.17, 15) is 14.9 Å². The summed E-state index contributed by atoms with van der Waals surface area (Å²) in [5.74, 6) is -0.384. The monoisotopic (exact) mass is 418 g/mol. The van der Waals surface area contributed by atoms with Crippen molar-refractivity contribution in [1.29, 1.82) is 0 Å². The number of nitro groups is 1. The van der Waals surface area contributed by atoms with Gasteiger partial charge in [0.25, 0.3) is 11.6 Å². The predicted octanol–water partition coefficient (Wildman–Crippen LogP) is 5.12. The lowest BCUT2D eigenvalue weighted by atomic mass is 10.1. The van der Waals surface area contributed by atoms with Crippen LogP contribution in [0, 0.1) is 17.0 Å². The quantitative estimate of drug-likeness (QED) is 0.240. The third-order valence-electron chi connectivity index (χ3n) is 3.17. The Morgan fingerprint density at radius 1 is 1.12 bits per heavy atom. The van der Waals surface area contributed by atoms with Crippen LogP contribution in [0.3, 0.4) is 0 Å². The van der Waals surface area contributed by atoms with E-state index in [1.807, 2.05) is 19.1 Å². The fraction of sp³-hybridized carbons (Fsp3) is 0.188. The van der Waals surface area contributed by atoms with Gasteiger partial charge in [0.05, 0.1) is 4.92 Å². The molecule has 0 aliphatic carbocycles. The maximum Gasteiger partial charge on any atom is 0.269 e. The van der Waals surface area contributed by atoms with E-state index in [0.29, 0.717) is 10.5 Å². The van der Waals surface area contributed by atoms with Crippen molar-refractivity contribution in [3.8, 4) is 0 Å². The van der Waals surface area contributed by atoms with Crippen LogP contribution in [0.15, 0.2) is 53.4 Å². The molecule has 0 bridgehead atoms. The summed E-state index contributed by atoms with van der Waals surface area (Å²) in [4.78, 5) is 23.2. The molecule has 25 heavy (non-hydrogen) atoms. The molecule has 0 heterocycles. The maximum absolute atomic E-state index is 12.4. The number of carbonyl (C=O) groups excluding carboxylic acids is 1. The number of carbonyl (C=O) groups is 1. The van der Waals surface area contributed by atoms with Crippen molar-refractivity contribution in [2.75, 3.05) is 0 Å². The van der Waals surface area contributed by atoms with Gasteiger partial charge in [0.1, 0.15) is 5.37 Å². The van der Waals surface area contributed by atoms with Gasteiger partial charge in [-0.2, -0.15) is 0 Å². The van der Waals surface area contributed by atoms with Gasteiger partial charge >= 0.3 is 0 Å². The van der Waals surface area contributed by atoms with Crippen LogP contribution < -0.4 is 5.32 Å². The second kappa shape index (κ2) is 8.27. The summed E-state index contributed by atoms with van der Waals surface area (Å²) in [6.07, 6.45) is 0. The van der Waals surface area contributed by atoms with Gasteiger partial charge in [-0.05, 0) is 31.2 Å². The number of rotatable bonds is 5. The number of nitrogens with one attached hydrogen (secondary N) is 1. The van der Waals surface area contributed by atoms with E-state index >= 15 is 0 Å². The first-order valence-electron chi connectivity index (χ1n) is 7.02. The number of aryl methyl sites for hydroxylation is 1. The highest BCUT2D eigenvalue weighted by molar-refractivity contribution is 8.00. The Morgan fingerprint density at radius 3 is 2.16 bits per heavy atom. The number of hydrogen-bond donors (Lipinski definition) is 1. The summed E-state index contributed by atoms with van der Waals surface area (Å²) < 4.78 is -1.77. The number of halogens is 3. The number of nitro benzene ring substituents is 1. The summed E-state index contributed by atoms with van der Waals surface area (Å²) in [6, 6.07) is 12.7. The standard InChI is InChI=1S/C16H13Cl3N2O3S/c1-10-2-4-11(5-3-10)14(22)20-15(16(17,18)19)25-13-8-6-12(7-9-13)21(23)24/h2-9,15H,1H3,(H,20,22)/t15-/m0/s1. The largest absolute Gasteiger partial charge is 0.336 e. The van der Waals surface area contributed by atoms with Gasteiger partial charge in [-0.1, -0.05) is 64.3 Å². The smallest absolute Gasteiger partial charge is 0.269 e. The lowest BCUT2D eigenvalue weighted by Crippen LogP contribution is -2.41. The minimum atomic E-state index is -1.77. The Kier molecular flexibility index (Phi) is 6.57. The van der Waals surface area contributed by atoms with Crippen molar-refractivity contribution >= 4 is 58.2 Å². The number of alkyl halides is 3. The average Bonchev–Trinajstić information content (AvgIpc) is 2.54. The molecule has 0 radical (unpaired) electrons. The first kappa shape index (κ1) is 19.8. The maximum atomic E-state index is 12.4. The second-order valence-electron chi connectivity index (χ2n) is 5.13. The zero-order valence-corrected chi connectivity index (χ0v) is 16.0. The van der Waals surface area contributed by atoms with E-state index in [-0.39, 0.29) is 11.6 Å². The van der Waals surface area contributed by atoms with E-state index in [2.05, 4.69) is 5.32 Å². The summed E-state index contributed by atoms with van der Waals surface area (Å²) in [5.41, 5.74) is 1.42. The lowest BCUT2D eigenvalue weighted by Gasteiger charge is -2.25. The van der Waals surface area contributed by atoms with Crippen molar-refractivity contribution in [1.82, 2.24) is 5.32 Å². The van der Waals surface area contributed by atoms with Crippen molar-refractivity contribution in [3.63, 3.8) is 0 Å². The van der Waals surface area contributed by atoms with Crippen LogP contribution in [-0.4, -0.2) is 20.0 Å². The highest BCUT2D eigenvalue weighted by atomic mass is 35.6. The molecular formula is C16H13Cl3N2O3S. The zero-order valence-electron chi connectivity index (χ0n) is 12.9. The van der Waals surface area contributed by atoms with Gasteiger partial charge in [-0.3, -0.25) is 14.9 Å². The normalized spacial score (nSPS) is 12.5. The van der Waals surface area contributed by atoms with E-state index in [1.165, 1.54) is 24.3 Å². The molecule has 1 N–H and O–H groups in total. The highest BCUT2D eigenvalue weighted by Crippen LogP contribution is 2.39. The van der Waals surface area contributed by atoms with E-state index < -0.39 is 14.1 Å². The first-order chi connectivity index (χ1) is 11.7. The Labute approximate surface area is 163 Å². The van der Waals surface area contributed by atoms with Crippen LogP contribution in [0.4, 0.5) is 5.69 Å². The molecule has 2 aromatic carbocycles. The Morgan fingerprint density at radius 2 is 1.68 bits per heavy atom. The molecule has 0 unspecified atom stereocenters. The van der Waals surface area contributed by atoms with Crippen molar-refractivity contribution in [3.05, 3.63) is 69.8 Å². The lowest BCUT2D eigenvalue weighted by molar-refractivity contribution is -0.384. The van der Waals surface area contributed by atoms with Crippen molar-refractivity contribution < 1.29 is 9.72 Å². The predicted molar refractivity (Wildman–Crippen MR) is 102 cm³/mol. The SMILES string of the molecule is Cc1ccc(C(=O)N[C@@H](Sc2ccc([N+](=O)[O-])cc2)C(Cl)(Cl)Cl)cc1. The molecule has 1 amide bonds. The van der Waals surface area contributed by atoms with Gasteiger partial charge in [0, 0.05) is 22.6 Å². The van der Waals surface area contributed by atoms with E-state index in [4.69, 9.17) is 34.8 Å².